The van der Waals surface area contributed by atoms with E-state index < -0.39 is 0 Å². The van der Waals surface area contributed by atoms with E-state index in [0.717, 1.165) is 24.8 Å². The molecule has 0 saturated heterocycles. The molecule has 1 aliphatic carbocycles. The van der Waals surface area contributed by atoms with Crippen LogP contribution in [0, 0.1) is 5.92 Å². The lowest BCUT2D eigenvalue weighted by Gasteiger charge is -2.24. The summed E-state index contributed by atoms with van der Waals surface area (Å²) in [6, 6.07) is 3.49. The molecule has 0 aromatic heterocycles. The molecule has 4 nitrogen and oxygen atoms in total. The van der Waals surface area contributed by atoms with Gasteiger partial charge in [-0.1, -0.05) is 18.0 Å². The van der Waals surface area contributed by atoms with Crippen molar-refractivity contribution in [3.8, 4) is 11.5 Å². The Morgan fingerprint density at radius 3 is 2.47 bits per heavy atom. The van der Waals surface area contributed by atoms with Crippen molar-refractivity contribution in [1.82, 2.24) is 5.32 Å². The smallest absolute Gasteiger partial charge is 0.223 e. The van der Waals surface area contributed by atoms with Gasteiger partial charge in [0.15, 0.2) is 11.5 Å². The molecule has 0 bridgehead atoms. The van der Waals surface area contributed by atoms with Crippen LogP contribution in [0.2, 0.25) is 5.02 Å². The van der Waals surface area contributed by atoms with Gasteiger partial charge in [-0.3, -0.25) is 4.79 Å². The first kappa shape index (κ1) is 14.0. The van der Waals surface area contributed by atoms with Gasteiger partial charge < -0.3 is 14.8 Å². The Morgan fingerprint density at radius 1 is 1.32 bits per heavy atom. The molecular weight excluding hydrogens is 266 g/mol. The zero-order chi connectivity index (χ0) is 13.8. The number of halogens is 1. The lowest BCUT2D eigenvalue weighted by molar-refractivity contribution is -0.127. The molecule has 1 aromatic rings. The van der Waals surface area contributed by atoms with Crippen LogP contribution in [0.3, 0.4) is 0 Å². The second kappa shape index (κ2) is 6.15. The molecule has 2 rings (SSSR count). The molecule has 1 aromatic carbocycles. The summed E-state index contributed by atoms with van der Waals surface area (Å²) in [7, 11) is 3.13. The molecule has 1 N–H and O–H groups in total. The molecule has 104 valence electrons. The van der Waals surface area contributed by atoms with Crippen molar-refractivity contribution in [2.45, 2.75) is 25.8 Å². The third-order valence-electron chi connectivity index (χ3n) is 3.48. The molecule has 19 heavy (non-hydrogen) atoms. The highest BCUT2D eigenvalue weighted by molar-refractivity contribution is 6.31. The van der Waals surface area contributed by atoms with E-state index in [-0.39, 0.29) is 11.8 Å². The predicted molar refractivity (Wildman–Crippen MR) is 73.7 cm³/mol. The number of amides is 1. The van der Waals surface area contributed by atoms with Crippen LogP contribution in [0.1, 0.15) is 24.8 Å². The summed E-state index contributed by atoms with van der Waals surface area (Å²) in [4.78, 5) is 11.8. The molecule has 0 heterocycles. The Hall–Kier alpha value is -1.42. The zero-order valence-electron chi connectivity index (χ0n) is 11.2. The quantitative estimate of drug-likeness (QED) is 0.904. The lowest BCUT2D eigenvalue weighted by atomic mass is 9.85. The number of hydrogen-bond acceptors (Lipinski definition) is 3. The van der Waals surface area contributed by atoms with Crippen LogP contribution in [0.4, 0.5) is 0 Å². The number of carbonyl (C=O) groups is 1. The van der Waals surface area contributed by atoms with Crippen LogP contribution in [0.25, 0.3) is 0 Å². The molecule has 0 spiro atoms. The molecule has 1 fully saturated rings. The Morgan fingerprint density at radius 2 is 1.95 bits per heavy atom. The topological polar surface area (TPSA) is 47.6 Å². The van der Waals surface area contributed by atoms with Gasteiger partial charge >= 0.3 is 0 Å². The van der Waals surface area contributed by atoms with Crippen molar-refractivity contribution < 1.29 is 14.3 Å². The normalized spacial score (nSPS) is 14.7. The Kier molecular flexibility index (Phi) is 4.53. The number of benzene rings is 1. The van der Waals surface area contributed by atoms with Crippen LogP contribution in [-0.2, 0) is 11.3 Å². The summed E-state index contributed by atoms with van der Waals surface area (Å²) < 4.78 is 10.4. The number of ether oxygens (including phenoxy) is 2. The fourth-order valence-corrected chi connectivity index (χ4v) is 2.25. The van der Waals surface area contributed by atoms with Crippen molar-refractivity contribution in [3.05, 3.63) is 22.7 Å². The first-order valence-electron chi connectivity index (χ1n) is 6.33. The summed E-state index contributed by atoms with van der Waals surface area (Å²) in [5.74, 6) is 1.48. The summed E-state index contributed by atoms with van der Waals surface area (Å²) in [6.07, 6.45) is 3.13. The number of nitrogens with one attached hydrogen (secondary N) is 1. The lowest BCUT2D eigenvalue weighted by Crippen LogP contribution is -2.34. The monoisotopic (exact) mass is 283 g/mol. The molecule has 1 aliphatic rings. The van der Waals surface area contributed by atoms with Crippen LogP contribution in [0.5, 0.6) is 11.5 Å². The molecule has 5 heteroatoms. The van der Waals surface area contributed by atoms with Gasteiger partial charge in [-0.15, -0.1) is 0 Å². The predicted octanol–water partition coefficient (Wildman–Crippen LogP) is 2.77. The Bertz CT molecular complexity index is 472. The highest BCUT2D eigenvalue weighted by Crippen LogP contribution is 2.33. The maximum atomic E-state index is 11.8. The summed E-state index contributed by atoms with van der Waals surface area (Å²) in [6.45, 7) is 0.411. The molecule has 0 atom stereocenters. The van der Waals surface area contributed by atoms with Crippen LogP contribution < -0.4 is 14.8 Å². The number of carbonyl (C=O) groups excluding carboxylic acids is 1. The minimum atomic E-state index is 0.108. The van der Waals surface area contributed by atoms with Crippen molar-refractivity contribution >= 4 is 17.5 Å². The molecule has 0 radical (unpaired) electrons. The number of methoxy groups -OCH3 is 2. The van der Waals surface area contributed by atoms with Gasteiger partial charge in [-0.05, 0) is 24.5 Å². The highest BCUT2D eigenvalue weighted by Gasteiger charge is 2.25. The largest absolute Gasteiger partial charge is 0.493 e. The minimum absolute atomic E-state index is 0.108. The van der Waals surface area contributed by atoms with Crippen molar-refractivity contribution in [3.63, 3.8) is 0 Å². The third-order valence-corrected chi connectivity index (χ3v) is 3.83. The van der Waals surface area contributed by atoms with Gasteiger partial charge in [0.2, 0.25) is 5.91 Å². The fraction of sp³-hybridized carbons (Fsp3) is 0.500. The number of hydrogen-bond donors (Lipinski definition) is 1. The second-order valence-electron chi connectivity index (χ2n) is 4.64. The van der Waals surface area contributed by atoms with Gasteiger partial charge in [-0.25, -0.2) is 0 Å². The standard InChI is InChI=1S/C14H18ClNO3/c1-18-12-6-10(11(15)7-13(12)19-2)8-16-14(17)9-4-3-5-9/h6-7,9H,3-5,8H2,1-2H3,(H,16,17). The van der Waals surface area contributed by atoms with Gasteiger partial charge in [0, 0.05) is 23.6 Å². The molecule has 1 amide bonds. The zero-order valence-corrected chi connectivity index (χ0v) is 11.9. The van der Waals surface area contributed by atoms with E-state index in [1.165, 1.54) is 0 Å². The van der Waals surface area contributed by atoms with E-state index in [9.17, 15) is 4.79 Å². The third kappa shape index (κ3) is 3.13. The Balaban J connectivity index is 2.04. The average Bonchev–Trinajstić information content (AvgIpc) is 2.34. The van der Waals surface area contributed by atoms with E-state index >= 15 is 0 Å². The van der Waals surface area contributed by atoms with E-state index in [1.54, 1.807) is 26.4 Å². The fourth-order valence-electron chi connectivity index (χ4n) is 2.03. The Labute approximate surface area is 118 Å². The average molecular weight is 284 g/mol. The van der Waals surface area contributed by atoms with Gasteiger partial charge in [0.1, 0.15) is 0 Å². The maximum absolute atomic E-state index is 11.8. The van der Waals surface area contributed by atoms with Gasteiger partial charge in [0.25, 0.3) is 0 Å². The summed E-state index contributed by atoms with van der Waals surface area (Å²) in [5, 5.41) is 3.47. The van der Waals surface area contributed by atoms with Crippen LogP contribution in [-0.4, -0.2) is 20.1 Å². The molecule has 0 aliphatic heterocycles. The SMILES string of the molecule is COc1cc(Cl)c(CNC(=O)C2CCC2)cc1OC. The molecular formula is C14H18ClNO3. The van der Waals surface area contributed by atoms with Crippen LogP contribution in [0.15, 0.2) is 12.1 Å². The second-order valence-corrected chi connectivity index (χ2v) is 5.05. The van der Waals surface area contributed by atoms with E-state index in [4.69, 9.17) is 21.1 Å². The van der Waals surface area contributed by atoms with Gasteiger partial charge in [0.05, 0.1) is 14.2 Å². The van der Waals surface area contributed by atoms with Crippen molar-refractivity contribution in [2.75, 3.05) is 14.2 Å². The minimum Gasteiger partial charge on any atom is -0.493 e. The van der Waals surface area contributed by atoms with Crippen LogP contribution >= 0.6 is 11.6 Å². The van der Waals surface area contributed by atoms with Crippen molar-refractivity contribution in [1.29, 1.82) is 0 Å². The first-order chi connectivity index (χ1) is 9.15. The van der Waals surface area contributed by atoms with Crippen molar-refractivity contribution in [2.24, 2.45) is 5.92 Å². The molecule has 1 saturated carbocycles. The summed E-state index contributed by atoms with van der Waals surface area (Å²) in [5.41, 5.74) is 0.826. The first-order valence-corrected chi connectivity index (χ1v) is 6.71. The number of rotatable bonds is 5. The maximum Gasteiger partial charge on any atom is 0.223 e. The van der Waals surface area contributed by atoms with Gasteiger partial charge in [-0.2, -0.15) is 0 Å². The molecule has 0 unspecified atom stereocenters. The van der Waals surface area contributed by atoms with E-state index in [0.29, 0.717) is 23.1 Å². The summed E-state index contributed by atoms with van der Waals surface area (Å²) >= 11 is 6.16. The van der Waals surface area contributed by atoms with E-state index in [1.807, 2.05) is 0 Å². The van der Waals surface area contributed by atoms with E-state index in [2.05, 4.69) is 5.32 Å². The highest BCUT2D eigenvalue weighted by atomic mass is 35.5.